The number of nitrogens with zero attached hydrogens (tertiary/aromatic N) is 4. The number of amides is 2. The van der Waals surface area contributed by atoms with Crippen molar-refractivity contribution in [2.45, 2.75) is 19.6 Å². The van der Waals surface area contributed by atoms with Gasteiger partial charge in [-0.05, 0) is 23.2 Å². The molecule has 22 heavy (non-hydrogen) atoms. The Labute approximate surface area is 125 Å². The average Bonchev–Trinajstić information content (AvgIpc) is 2.84. The number of benzene rings is 1. The number of hydrogen-bond donors (Lipinski definition) is 1. The molecule has 0 saturated carbocycles. The average molecular weight is 307 g/mol. The molecule has 1 aliphatic heterocycles. The van der Waals surface area contributed by atoms with Crippen LogP contribution >= 0.6 is 0 Å². The van der Waals surface area contributed by atoms with Crippen molar-refractivity contribution >= 4 is 17.7 Å². The highest BCUT2D eigenvalue weighted by Gasteiger charge is 2.33. The van der Waals surface area contributed by atoms with Gasteiger partial charge < -0.3 is 10.1 Å². The third-order valence-electron chi connectivity index (χ3n) is 3.07. The zero-order valence-electron chi connectivity index (χ0n) is 11.8. The lowest BCUT2D eigenvalue weighted by Gasteiger charge is -2.14. The topological polar surface area (TPSA) is 107 Å². The highest BCUT2D eigenvalue weighted by molar-refractivity contribution is 5.90. The Balaban J connectivity index is 2.09. The summed E-state index contributed by atoms with van der Waals surface area (Å²) >= 11 is 0. The van der Waals surface area contributed by atoms with Gasteiger partial charge in [0.1, 0.15) is 11.9 Å². The lowest BCUT2D eigenvalue weighted by atomic mass is 10.2. The number of carbonyl (C=O) groups is 2. The first-order valence-electron chi connectivity index (χ1n) is 6.53. The molecule has 1 aliphatic rings. The number of rotatable bonds is 5. The second kappa shape index (κ2) is 6.77. The second-order valence-electron chi connectivity index (χ2n) is 4.73. The molecule has 1 atom stereocenters. The van der Waals surface area contributed by atoms with E-state index in [-0.39, 0.29) is 31.2 Å². The van der Waals surface area contributed by atoms with Crippen molar-refractivity contribution in [3.8, 4) is 0 Å². The van der Waals surface area contributed by atoms with Gasteiger partial charge >= 0.3 is 6.09 Å². The maximum absolute atomic E-state index is 14.1. The lowest BCUT2D eigenvalue weighted by Crippen LogP contribution is -2.33. The number of ether oxygens (including phenoxy) is 1. The Hall–Kier alpha value is -2.80. The minimum atomic E-state index is -0.669. The van der Waals surface area contributed by atoms with Crippen LogP contribution in [0.4, 0.5) is 14.9 Å². The molecule has 1 N–H and O–H groups in total. The van der Waals surface area contributed by atoms with Crippen molar-refractivity contribution < 1.29 is 18.7 Å². The van der Waals surface area contributed by atoms with Crippen LogP contribution < -0.4 is 10.2 Å². The minimum absolute atomic E-state index is 0.0311. The summed E-state index contributed by atoms with van der Waals surface area (Å²) in [4.78, 5) is 26.4. The quantitative estimate of drug-likeness (QED) is 0.511. The van der Waals surface area contributed by atoms with Gasteiger partial charge in [-0.3, -0.25) is 9.69 Å². The largest absolute Gasteiger partial charge is 0.442 e. The van der Waals surface area contributed by atoms with E-state index in [1.807, 2.05) is 0 Å². The summed E-state index contributed by atoms with van der Waals surface area (Å²) in [6.07, 6.45) is -1.20. The summed E-state index contributed by atoms with van der Waals surface area (Å²) in [5, 5.41) is 5.89. The molecule has 0 aromatic heterocycles. The highest BCUT2D eigenvalue weighted by Crippen LogP contribution is 2.25. The lowest BCUT2D eigenvalue weighted by molar-refractivity contribution is -0.119. The van der Waals surface area contributed by atoms with E-state index in [0.717, 1.165) is 0 Å². The minimum Gasteiger partial charge on any atom is -0.442 e. The van der Waals surface area contributed by atoms with Crippen LogP contribution in [0, 0.1) is 5.82 Å². The van der Waals surface area contributed by atoms with E-state index in [9.17, 15) is 14.0 Å². The normalized spacial score (nSPS) is 16.9. The number of anilines is 1. The van der Waals surface area contributed by atoms with Crippen molar-refractivity contribution in [3.63, 3.8) is 0 Å². The van der Waals surface area contributed by atoms with Crippen molar-refractivity contribution in [2.75, 3.05) is 18.0 Å². The Morgan fingerprint density at radius 2 is 2.41 bits per heavy atom. The Bertz CT molecular complexity index is 645. The van der Waals surface area contributed by atoms with Crippen molar-refractivity contribution in [3.05, 3.63) is 40.0 Å². The summed E-state index contributed by atoms with van der Waals surface area (Å²) in [7, 11) is 0. The molecule has 1 fully saturated rings. The summed E-state index contributed by atoms with van der Waals surface area (Å²) in [6.45, 7) is 1.71. The number of azide groups is 1. The molecule has 8 nitrogen and oxygen atoms in total. The van der Waals surface area contributed by atoms with Crippen molar-refractivity contribution in [1.29, 1.82) is 0 Å². The summed E-state index contributed by atoms with van der Waals surface area (Å²) < 4.78 is 19.2. The number of cyclic esters (lactones) is 1. The first kappa shape index (κ1) is 15.6. The van der Waals surface area contributed by atoms with E-state index in [1.165, 1.54) is 24.0 Å². The number of carbonyl (C=O) groups excluding carboxylic acids is 2. The fourth-order valence-electron chi connectivity index (χ4n) is 2.06. The standard InChI is InChI=1S/C13H14FN5O3/c1-8(20)16-6-10-7-19(13(21)22-10)12-3-2-9(4-11(12)14)5-17-18-15/h2-4,10H,5-7H2,1H3,(H,16,20)/t10-/m1/s1. The van der Waals surface area contributed by atoms with Gasteiger partial charge in [0.05, 0.1) is 25.3 Å². The van der Waals surface area contributed by atoms with E-state index in [0.29, 0.717) is 5.56 Å². The van der Waals surface area contributed by atoms with Gasteiger partial charge in [0, 0.05) is 11.8 Å². The SMILES string of the molecule is CC(=O)NC[C@@H]1CN(c2ccc(CN=[N+]=[N-])cc2F)C(=O)O1. The van der Waals surface area contributed by atoms with Crippen LogP contribution in [-0.2, 0) is 16.1 Å². The monoisotopic (exact) mass is 307 g/mol. The Morgan fingerprint density at radius 1 is 1.64 bits per heavy atom. The molecule has 116 valence electrons. The molecule has 0 bridgehead atoms. The fourth-order valence-corrected chi connectivity index (χ4v) is 2.06. The Kier molecular flexibility index (Phi) is 4.80. The van der Waals surface area contributed by atoms with Crippen LogP contribution in [0.3, 0.4) is 0 Å². The fraction of sp³-hybridized carbons (Fsp3) is 0.385. The molecule has 1 saturated heterocycles. The van der Waals surface area contributed by atoms with Crippen LogP contribution in [0.5, 0.6) is 0 Å². The van der Waals surface area contributed by atoms with Crippen LogP contribution in [0.15, 0.2) is 23.3 Å². The molecule has 1 aromatic carbocycles. The summed E-state index contributed by atoms with van der Waals surface area (Å²) in [6, 6.07) is 4.21. The van der Waals surface area contributed by atoms with Gasteiger partial charge in [0.15, 0.2) is 0 Å². The third-order valence-corrected chi connectivity index (χ3v) is 3.07. The number of nitrogens with one attached hydrogen (secondary N) is 1. The molecule has 1 heterocycles. The van der Waals surface area contributed by atoms with E-state index in [4.69, 9.17) is 10.3 Å². The van der Waals surface area contributed by atoms with Gasteiger partial charge in [0.2, 0.25) is 5.91 Å². The Morgan fingerprint density at radius 3 is 3.05 bits per heavy atom. The number of halogens is 1. The molecule has 0 spiro atoms. The van der Waals surface area contributed by atoms with E-state index >= 15 is 0 Å². The van der Waals surface area contributed by atoms with Gasteiger partial charge in [-0.1, -0.05) is 11.2 Å². The molecular weight excluding hydrogens is 293 g/mol. The van der Waals surface area contributed by atoms with Crippen molar-refractivity contribution in [1.82, 2.24) is 5.32 Å². The molecule has 1 aromatic rings. The second-order valence-corrected chi connectivity index (χ2v) is 4.73. The highest BCUT2D eigenvalue weighted by atomic mass is 19.1. The predicted octanol–water partition coefficient (Wildman–Crippen LogP) is 2.10. The summed E-state index contributed by atoms with van der Waals surface area (Å²) in [5.74, 6) is -0.842. The zero-order chi connectivity index (χ0) is 16.1. The summed E-state index contributed by atoms with van der Waals surface area (Å²) in [5.41, 5.74) is 8.83. The molecule has 9 heteroatoms. The third kappa shape index (κ3) is 3.64. The van der Waals surface area contributed by atoms with Gasteiger partial charge in [0.25, 0.3) is 0 Å². The molecule has 0 radical (unpaired) electrons. The van der Waals surface area contributed by atoms with Crippen LogP contribution in [0.2, 0.25) is 0 Å². The first-order chi connectivity index (χ1) is 10.5. The van der Waals surface area contributed by atoms with Gasteiger partial charge in [-0.25, -0.2) is 9.18 Å². The molecular formula is C13H14FN5O3. The maximum atomic E-state index is 14.1. The molecule has 2 amide bonds. The van der Waals surface area contributed by atoms with Crippen LogP contribution in [-0.4, -0.2) is 31.2 Å². The smallest absolute Gasteiger partial charge is 0.414 e. The predicted molar refractivity (Wildman–Crippen MR) is 75.5 cm³/mol. The molecule has 0 unspecified atom stereocenters. The van der Waals surface area contributed by atoms with E-state index in [2.05, 4.69) is 15.3 Å². The van der Waals surface area contributed by atoms with Gasteiger partial charge in [-0.2, -0.15) is 0 Å². The van der Waals surface area contributed by atoms with E-state index in [1.54, 1.807) is 6.07 Å². The van der Waals surface area contributed by atoms with Crippen molar-refractivity contribution in [2.24, 2.45) is 5.11 Å². The maximum Gasteiger partial charge on any atom is 0.414 e. The first-order valence-corrected chi connectivity index (χ1v) is 6.53. The molecule has 2 rings (SSSR count). The van der Waals surface area contributed by atoms with Crippen LogP contribution in [0.1, 0.15) is 12.5 Å². The van der Waals surface area contributed by atoms with E-state index < -0.39 is 18.0 Å². The zero-order valence-corrected chi connectivity index (χ0v) is 11.8. The number of hydrogen-bond acceptors (Lipinski definition) is 4. The van der Waals surface area contributed by atoms with Crippen LogP contribution in [0.25, 0.3) is 10.4 Å². The van der Waals surface area contributed by atoms with Gasteiger partial charge in [-0.15, -0.1) is 0 Å². The molecule has 0 aliphatic carbocycles.